The Hall–Kier alpha value is -4.03. The van der Waals surface area contributed by atoms with Gasteiger partial charge in [-0.2, -0.15) is 18.3 Å². The number of rotatable bonds is 4. The zero-order valence-corrected chi connectivity index (χ0v) is 16.4. The number of hydrogen-bond acceptors (Lipinski definition) is 7. The molecule has 1 saturated heterocycles. The number of benzene rings is 1. The minimum Gasteiger partial charge on any atom is -0.362 e. The molecule has 0 saturated carbocycles. The highest BCUT2D eigenvalue weighted by Crippen LogP contribution is 2.36. The third-order valence-electron chi connectivity index (χ3n) is 5.06. The summed E-state index contributed by atoms with van der Waals surface area (Å²) in [6.07, 6.45) is -0.422. The summed E-state index contributed by atoms with van der Waals surface area (Å²) in [7, 11) is 0. The van der Waals surface area contributed by atoms with Gasteiger partial charge in [0, 0.05) is 38.4 Å². The lowest BCUT2D eigenvalue weighted by atomic mass is 10.1. The van der Waals surface area contributed by atoms with Gasteiger partial charge >= 0.3 is 6.18 Å². The maximum absolute atomic E-state index is 13.1. The number of nitrogens with zero attached hydrogens (tertiary/aromatic N) is 7. The lowest BCUT2D eigenvalue weighted by molar-refractivity contribution is -0.384. The van der Waals surface area contributed by atoms with Crippen LogP contribution in [0.25, 0.3) is 5.82 Å². The molecule has 166 valence electrons. The standard InChI is InChI=1S/C19H16F3N7O3/c20-19(21,22)13-3-4-15(16(10-13)29(31)32)26-6-8-27(9-7-26)18(30)14-2-1-5-24-17(14)28-12-23-11-25-28/h1-5,10-12H,6-9H2. The first-order valence-electron chi connectivity index (χ1n) is 9.45. The molecule has 0 spiro atoms. The van der Waals surface area contributed by atoms with Gasteiger partial charge in [-0.05, 0) is 24.3 Å². The van der Waals surface area contributed by atoms with Crippen molar-refractivity contribution in [2.75, 3.05) is 31.1 Å². The summed E-state index contributed by atoms with van der Waals surface area (Å²) in [6.45, 7) is 0.888. The average Bonchev–Trinajstić information content (AvgIpc) is 3.32. The first kappa shape index (κ1) is 21.2. The number of piperazine rings is 1. The van der Waals surface area contributed by atoms with Crippen LogP contribution in [-0.4, -0.2) is 61.7 Å². The molecule has 0 bridgehead atoms. The van der Waals surface area contributed by atoms with Crippen LogP contribution < -0.4 is 4.90 Å². The number of nitro benzene ring substituents is 1. The van der Waals surface area contributed by atoms with Crippen molar-refractivity contribution in [2.24, 2.45) is 0 Å². The van der Waals surface area contributed by atoms with Gasteiger partial charge in [0.1, 0.15) is 18.3 Å². The summed E-state index contributed by atoms with van der Waals surface area (Å²) >= 11 is 0. The number of pyridine rings is 1. The third kappa shape index (κ3) is 4.08. The topological polar surface area (TPSA) is 110 Å². The van der Waals surface area contributed by atoms with E-state index < -0.39 is 22.4 Å². The molecule has 4 rings (SSSR count). The molecule has 1 aromatic carbocycles. The van der Waals surface area contributed by atoms with Gasteiger partial charge in [0.15, 0.2) is 5.82 Å². The van der Waals surface area contributed by atoms with Crippen LogP contribution in [-0.2, 0) is 6.18 Å². The number of anilines is 1. The molecule has 3 aromatic rings. The summed E-state index contributed by atoms with van der Waals surface area (Å²) < 4.78 is 40.2. The molecule has 0 atom stereocenters. The summed E-state index contributed by atoms with van der Waals surface area (Å²) in [4.78, 5) is 34.8. The van der Waals surface area contributed by atoms with E-state index in [1.807, 2.05) is 0 Å². The van der Waals surface area contributed by atoms with Crippen LogP contribution in [0.3, 0.4) is 0 Å². The Morgan fingerprint density at radius 1 is 1.12 bits per heavy atom. The number of carbonyl (C=O) groups is 1. The highest BCUT2D eigenvalue weighted by Gasteiger charge is 2.34. The Kier molecular flexibility index (Phi) is 5.47. The average molecular weight is 447 g/mol. The van der Waals surface area contributed by atoms with E-state index in [-0.39, 0.29) is 37.8 Å². The van der Waals surface area contributed by atoms with Gasteiger partial charge in [-0.25, -0.2) is 14.6 Å². The van der Waals surface area contributed by atoms with Crippen LogP contribution >= 0.6 is 0 Å². The highest BCUT2D eigenvalue weighted by molar-refractivity contribution is 5.97. The summed E-state index contributed by atoms with van der Waals surface area (Å²) in [5.41, 5.74) is -1.31. The molecule has 32 heavy (non-hydrogen) atoms. The van der Waals surface area contributed by atoms with Crippen molar-refractivity contribution in [1.29, 1.82) is 0 Å². The summed E-state index contributed by atoms with van der Waals surface area (Å²) in [6, 6.07) is 5.68. The zero-order chi connectivity index (χ0) is 22.9. The molecule has 0 aliphatic carbocycles. The second-order valence-electron chi connectivity index (χ2n) is 6.95. The second kappa shape index (κ2) is 8.24. The number of nitro groups is 1. The lowest BCUT2D eigenvalue weighted by Crippen LogP contribution is -2.49. The number of alkyl halides is 3. The van der Waals surface area contributed by atoms with Crippen LogP contribution in [0.4, 0.5) is 24.5 Å². The fraction of sp³-hybridized carbons (Fsp3) is 0.263. The number of carbonyl (C=O) groups excluding carboxylic acids is 1. The van der Waals surface area contributed by atoms with E-state index in [2.05, 4.69) is 15.1 Å². The van der Waals surface area contributed by atoms with E-state index in [4.69, 9.17) is 0 Å². The van der Waals surface area contributed by atoms with Crippen molar-refractivity contribution in [3.8, 4) is 5.82 Å². The molecule has 1 fully saturated rings. The maximum Gasteiger partial charge on any atom is 0.416 e. The van der Waals surface area contributed by atoms with E-state index in [0.717, 1.165) is 12.1 Å². The monoisotopic (exact) mass is 447 g/mol. The van der Waals surface area contributed by atoms with Gasteiger partial charge in [-0.1, -0.05) is 0 Å². The van der Waals surface area contributed by atoms with Crippen molar-refractivity contribution in [2.45, 2.75) is 6.18 Å². The zero-order valence-electron chi connectivity index (χ0n) is 16.4. The number of hydrogen-bond donors (Lipinski definition) is 0. The summed E-state index contributed by atoms with van der Waals surface area (Å²) in [5.74, 6) is 0.0148. The van der Waals surface area contributed by atoms with Crippen molar-refractivity contribution in [3.05, 3.63) is 70.4 Å². The molecule has 13 heteroatoms. The van der Waals surface area contributed by atoms with Crippen molar-refractivity contribution >= 4 is 17.3 Å². The van der Waals surface area contributed by atoms with Crippen molar-refractivity contribution in [1.82, 2.24) is 24.6 Å². The third-order valence-corrected chi connectivity index (χ3v) is 5.06. The molecule has 1 amide bonds. The van der Waals surface area contributed by atoms with Crippen LogP contribution in [0.15, 0.2) is 49.2 Å². The Labute approximate surface area is 179 Å². The van der Waals surface area contributed by atoms with Crippen LogP contribution in [0.2, 0.25) is 0 Å². The van der Waals surface area contributed by atoms with Gasteiger partial charge in [0.2, 0.25) is 0 Å². The predicted molar refractivity (Wildman–Crippen MR) is 105 cm³/mol. The van der Waals surface area contributed by atoms with Crippen LogP contribution in [0.1, 0.15) is 15.9 Å². The maximum atomic E-state index is 13.1. The Morgan fingerprint density at radius 3 is 2.50 bits per heavy atom. The fourth-order valence-corrected chi connectivity index (χ4v) is 3.50. The molecule has 0 unspecified atom stereocenters. The normalized spacial score (nSPS) is 14.5. The van der Waals surface area contributed by atoms with Gasteiger partial charge in [-0.3, -0.25) is 14.9 Å². The minimum absolute atomic E-state index is 0.0831. The van der Waals surface area contributed by atoms with E-state index in [1.165, 1.54) is 23.5 Å². The molecule has 0 N–H and O–H groups in total. The Balaban J connectivity index is 1.52. The van der Waals surface area contributed by atoms with Gasteiger partial charge in [0.05, 0.1) is 16.1 Å². The smallest absolute Gasteiger partial charge is 0.362 e. The van der Waals surface area contributed by atoms with Crippen molar-refractivity contribution < 1.29 is 22.9 Å². The molecule has 10 nitrogen and oxygen atoms in total. The van der Waals surface area contributed by atoms with Crippen molar-refractivity contribution in [3.63, 3.8) is 0 Å². The van der Waals surface area contributed by atoms with Gasteiger partial charge in [0.25, 0.3) is 11.6 Å². The van der Waals surface area contributed by atoms with E-state index in [9.17, 15) is 28.1 Å². The van der Waals surface area contributed by atoms with Crippen LogP contribution in [0, 0.1) is 10.1 Å². The molecule has 2 aromatic heterocycles. The SMILES string of the molecule is O=C(c1cccnc1-n1cncn1)N1CCN(c2ccc(C(F)(F)F)cc2[N+](=O)[O-])CC1. The van der Waals surface area contributed by atoms with Gasteiger partial charge in [-0.15, -0.1) is 0 Å². The fourth-order valence-electron chi connectivity index (χ4n) is 3.50. The Bertz CT molecular complexity index is 1140. The molecule has 0 radical (unpaired) electrons. The molecular weight excluding hydrogens is 431 g/mol. The van der Waals surface area contributed by atoms with E-state index in [1.54, 1.807) is 21.9 Å². The van der Waals surface area contributed by atoms with E-state index in [0.29, 0.717) is 17.4 Å². The minimum atomic E-state index is -4.68. The number of aromatic nitrogens is 4. The quantitative estimate of drug-likeness (QED) is 0.447. The number of amides is 1. The molecule has 3 heterocycles. The van der Waals surface area contributed by atoms with Gasteiger partial charge < -0.3 is 9.80 Å². The first-order chi connectivity index (χ1) is 15.3. The second-order valence-corrected chi connectivity index (χ2v) is 6.95. The predicted octanol–water partition coefficient (Wildman–Crippen LogP) is 2.55. The van der Waals surface area contributed by atoms with Crippen LogP contribution in [0.5, 0.6) is 0 Å². The number of halogens is 3. The first-order valence-corrected chi connectivity index (χ1v) is 9.45. The molecule has 1 aliphatic heterocycles. The lowest BCUT2D eigenvalue weighted by Gasteiger charge is -2.36. The summed E-state index contributed by atoms with van der Waals surface area (Å²) in [5, 5.41) is 15.4. The molecule has 1 aliphatic rings. The largest absolute Gasteiger partial charge is 0.416 e. The van der Waals surface area contributed by atoms with E-state index >= 15 is 0 Å². The highest BCUT2D eigenvalue weighted by atomic mass is 19.4. The Morgan fingerprint density at radius 2 is 1.88 bits per heavy atom. The molecular formula is C19H16F3N7O3.